The van der Waals surface area contributed by atoms with Crippen molar-refractivity contribution in [2.24, 2.45) is 0 Å². The van der Waals surface area contributed by atoms with Crippen LogP contribution in [-0.2, 0) is 0 Å². The van der Waals surface area contributed by atoms with E-state index in [-0.39, 0.29) is 10.8 Å². The molecule has 2 aliphatic rings. The smallest absolute Gasteiger partial charge is 0.387 e. The molecule has 0 aromatic heterocycles. The van der Waals surface area contributed by atoms with Crippen LogP contribution in [0.3, 0.4) is 0 Å². The summed E-state index contributed by atoms with van der Waals surface area (Å²) in [6.07, 6.45) is 4.89. The fourth-order valence-corrected chi connectivity index (χ4v) is 3.64. The third kappa shape index (κ3) is 3.40. The van der Waals surface area contributed by atoms with Crippen molar-refractivity contribution in [3.63, 3.8) is 0 Å². The number of benzene rings is 1. The number of ether oxygens (including phenoxy) is 1. The molecule has 0 saturated carbocycles. The Labute approximate surface area is 128 Å². The Balaban J connectivity index is 1.66. The van der Waals surface area contributed by atoms with Crippen molar-refractivity contribution in [1.82, 2.24) is 4.90 Å². The summed E-state index contributed by atoms with van der Waals surface area (Å²) in [5.41, 5.74) is 0.860. The molecule has 3 rings (SSSR count). The summed E-state index contributed by atoms with van der Waals surface area (Å²) in [5.74, 6) is 0.0166. The topological polar surface area (TPSA) is 24.5 Å². The van der Waals surface area contributed by atoms with Gasteiger partial charge in [0.25, 0.3) is 0 Å². The summed E-state index contributed by atoms with van der Waals surface area (Å²) in [7, 11) is 0. The van der Waals surface area contributed by atoms with Crippen LogP contribution >= 0.6 is 11.6 Å². The standard InChI is InChI=1S/C15H19ClF2N2O/c16-11-9-10(4-5-14(11)21-15(17)18)19-12-6-8-20-7-2-1-3-13(12)20/h4-5,9,12-13,15,19H,1-3,6-8H2. The van der Waals surface area contributed by atoms with Crippen molar-refractivity contribution < 1.29 is 13.5 Å². The predicted octanol–water partition coefficient (Wildman–Crippen LogP) is 3.98. The number of nitrogens with zero attached hydrogens (tertiary/aromatic N) is 1. The lowest BCUT2D eigenvalue weighted by Gasteiger charge is -2.33. The Hall–Kier alpha value is -1.07. The fourth-order valence-electron chi connectivity index (χ4n) is 3.41. The van der Waals surface area contributed by atoms with Crippen LogP contribution in [0.2, 0.25) is 5.02 Å². The van der Waals surface area contributed by atoms with E-state index < -0.39 is 6.61 Å². The predicted molar refractivity (Wildman–Crippen MR) is 79.3 cm³/mol. The number of anilines is 1. The molecule has 2 atom stereocenters. The Morgan fingerprint density at radius 2 is 2.10 bits per heavy atom. The highest BCUT2D eigenvalue weighted by atomic mass is 35.5. The molecule has 2 aliphatic heterocycles. The number of fused-ring (bicyclic) bond motifs is 1. The number of halogens is 3. The van der Waals surface area contributed by atoms with Crippen molar-refractivity contribution in [3.05, 3.63) is 23.2 Å². The summed E-state index contributed by atoms with van der Waals surface area (Å²) in [5, 5.41) is 3.70. The van der Waals surface area contributed by atoms with E-state index in [1.807, 2.05) is 0 Å². The van der Waals surface area contributed by atoms with Crippen molar-refractivity contribution in [2.75, 3.05) is 18.4 Å². The van der Waals surface area contributed by atoms with Crippen LogP contribution in [0.1, 0.15) is 25.7 Å². The lowest BCUT2D eigenvalue weighted by Crippen LogP contribution is -2.41. The molecular formula is C15H19ClF2N2O. The van der Waals surface area contributed by atoms with Gasteiger partial charge in [-0.1, -0.05) is 18.0 Å². The molecule has 2 saturated heterocycles. The highest BCUT2D eigenvalue weighted by Gasteiger charge is 2.35. The molecule has 21 heavy (non-hydrogen) atoms. The Morgan fingerprint density at radius 3 is 2.86 bits per heavy atom. The van der Waals surface area contributed by atoms with E-state index in [2.05, 4.69) is 15.0 Å². The first-order valence-corrected chi connectivity index (χ1v) is 7.76. The Bertz CT molecular complexity index is 501. The van der Waals surface area contributed by atoms with Gasteiger partial charge in [0.05, 0.1) is 5.02 Å². The summed E-state index contributed by atoms with van der Waals surface area (Å²) in [6, 6.07) is 5.88. The SMILES string of the molecule is FC(F)Oc1ccc(NC2CCN3CCCCC23)cc1Cl. The maximum atomic E-state index is 12.2. The second kappa shape index (κ2) is 6.36. The normalized spacial score (nSPS) is 25.9. The average molecular weight is 317 g/mol. The van der Waals surface area contributed by atoms with E-state index in [0.717, 1.165) is 18.7 Å². The molecule has 6 heteroatoms. The van der Waals surface area contributed by atoms with E-state index in [0.29, 0.717) is 12.1 Å². The van der Waals surface area contributed by atoms with Gasteiger partial charge >= 0.3 is 6.61 Å². The van der Waals surface area contributed by atoms with E-state index in [4.69, 9.17) is 11.6 Å². The molecule has 2 heterocycles. The number of alkyl halides is 2. The third-order valence-corrected chi connectivity index (χ3v) is 4.65. The second-order valence-electron chi connectivity index (χ2n) is 5.66. The van der Waals surface area contributed by atoms with E-state index in [1.54, 1.807) is 12.1 Å². The lowest BCUT2D eigenvalue weighted by atomic mass is 9.99. The Kier molecular flexibility index (Phi) is 4.50. The van der Waals surface area contributed by atoms with E-state index in [1.165, 1.54) is 31.9 Å². The van der Waals surface area contributed by atoms with Gasteiger partial charge in [0.2, 0.25) is 0 Å². The summed E-state index contributed by atoms with van der Waals surface area (Å²) < 4.78 is 28.8. The number of rotatable bonds is 4. The van der Waals surface area contributed by atoms with E-state index >= 15 is 0 Å². The van der Waals surface area contributed by atoms with Crippen LogP contribution in [0.25, 0.3) is 0 Å². The molecule has 0 spiro atoms. The zero-order valence-electron chi connectivity index (χ0n) is 11.7. The van der Waals surface area contributed by atoms with Gasteiger partial charge < -0.3 is 10.1 Å². The van der Waals surface area contributed by atoms with Gasteiger partial charge in [-0.05, 0) is 44.0 Å². The van der Waals surface area contributed by atoms with Crippen LogP contribution in [0.15, 0.2) is 18.2 Å². The zero-order valence-corrected chi connectivity index (χ0v) is 12.5. The van der Waals surface area contributed by atoms with Crippen LogP contribution in [-0.4, -0.2) is 36.7 Å². The maximum Gasteiger partial charge on any atom is 0.387 e. The van der Waals surface area contributed by atoms with Gasteiger partial charge in [0.1, 0.15) is 5.75 Å². The molecule has 2 fully saturated rings. The van der Waals surface area contributed by atoms with Gasteiger partial charge in [0, 0.05) is 24.3 Å². The lowest BCUT2D eigenvalue weighted by molar-refractivity contribution is -0.0497. The molecule has 1 aromatic rings. The minimum absolute atomic E-state index is 0.0166. The molecule has 0 amide bonds. The molecule has 0 aliphatic carbocycles. The third-order valence-electron chi connectivity index (χ3n) is 4.36. The van der Waals surface area contributed by atoms with Gasteiger partial charge in [-0.2, -0.15) is 8.78 Å². The maximum absolute atomic E-state index is 12.2. The van der Waals surface area contributed by atoms with Crippen LogP contribution in [0, 0.1) is 0 Å². The highest BCUT2D eigenvalue weighted by Crippen LogP contribution is 2.32. The molecular weight excluding hydrogens is 298 g/mol. The Morgan fingerprint density at radius 1 is 1.24 bits per heavy atom. The molecule has 1 N–H and O–H groups in total. The number of hydrogen-bond donors (Lipinski definition) is 1. The summed E-state index contributed by atoms with van der Waals surface area (Å²) >= 11 is 5.99. The number of nitrogens with one attached hydrogen (secondary N) is 1. The molecule has 3 nitrogen and oxygen atoms in total. The summed E-state index contributed by atoms with van der Waals surface area (Å²) in [4.78, 5) is 2.54. The minimum Gasteiger partial charge on any atom is -0.433 e. The molecule has 1 aromatic carbocycles. The largest absolute Gasteiger partial charge is 0.433 e. The first kappa shape index (κ1) is 14.9. The van der Waals surface area contributed by atoms with Gasteiger partial charge in [0.15, 0.2) is 0 Å². The van der Waals surface area contributed by atoms with Crippen LogP contribution in [0.5, 0.6) is 5.75 Å². The van der Waals surface area contributed by atoms with Crippen molar-refractivity contribution >= 4 is 17.3 Å². The van der Waals surface area contributed by atoms with Gasteiger partial charge in [-0.15, -0.1) is 0 Å². The minimum atomic E-state index is -2.85. The van der Waals surface area contributed by atoms with E-state index in [9.17, 15) is 8.78 Å². The molecule has 0 bridgehead atoms. The van der Waals surface area contributed by atoms with Gasteiger partial charge in [-0.3, -0.25) is 4.90 Å². The molecule has 116 valence electrons. The van der Waals surface area contributed by atoms with Crippen LogP contribution < -0.4 is 10.1 Å². The summed E-state index contributed by atoms with van der Waals surface area (Å²) in [6.45, 7) is -0.542. The first-order valence-electron chi connectivity index (χ1n) is 7.38. The first-order chi connectivity index (χ1) is 10.1. The van der Waals surface area contributed by atoms with Crippen LogP contribution in [0.4, 0.5) is 14.5 Å². The second-order valence-corrected chi connectivity index (χ2v) is 6.07. The quantitative estimate of drug-likeness (QED) is 0.909. The number of piperidine rings is 1. The molecule has 2 unspecified atom stereocenters. The van der Waals surface area contributed by atoms with Crippen molar-refractivity contribution in [1.29, 1.82) is 0 Å². The van der Waals surface area contributed by atoms with Crippen molar-refractivity contribution in [3.8, 4) is 5.75 Å². The zero-order chi connectivity index (χ0) is 14.8. The average Bonchev–Trinajstić information content (AvgIpc) is 2.85. The highest BCUT2D eigenvalue weighted by molar-refractivity contribution is 6.32. The number of hydrogen-bond acceptors (Lipinski definition) is 3. The molecule has 0 radical (unpaired) electrons. The fraction of sp³-hybridized carbons (Fsp3) is 0.600. The monoisotopic (exact) mass is 316 g/mol. The van der Waals surface area contributed by atoms with Gasteiger partial charge in [-0.25, -0.2) is 0 Å². The van der Waals surface area contributed by atoms with Crippen molar-refractivity contribution in [2.45, 2.75) is 44.4 Å².